The standard InChI is InChI=1S/C14H20FNO3.C14H12N2OS/c1-9(17)13(18)14(19)16-8-2-3-12(16)10-4-6-11(15)7-5-10;15-7-12-3-1-2-11(4-12)5-13-6-14(18-9-13)8-16-10-17/h4,6,9,12-13,17-18H,2-3,5,7-8H2,1H3;1-4,6,9-10H,5,8H2,(H,16,17). The van der Waals surface area contributed by atoms with Crippen LogP contribution in [0.3, 0.4) is 0 Å². The number of rotatable bonds is 8. The van der Waals surface area contributed by atoms with Gasteiger partial charge in [-0.3, -0.25) is 9.59 Å². The van der Waals surface area contributed by atoms with E-state index in [1.54, 1.807) is 28.4 Å². The number of hydrogen-bond donors (Lipinski definition) is 3. The first-order valence-corrected chi connectivity index (χ1v) is 13.1. The first-order valence-electron chi connectivity index (χ1n) is 12.3. The average Bonchev–Trinajstić information content (AvgIpc) is 3.57. The van der Waals surface area contributed by atoms with Crippen molar-refractivity contribution >= 4 is 23.7 Å². The topological polar surface area (TPSA) is 114 Å². The lowest BCUT2D eigenvalue weighted by Gasteiger charge is -2.30. The van der Waals surface area contributed by atoms with Crippen LogP contribution >= 0.6 is 11.3 Å². The van der Waals surface area contributed by atoms with Crippen LogP contribution in [-0.2, 0) is 22.6 Å². The lowest BCUT2D eigenvalue weighted by molar-refractivity contribution is -0.145. The second kappa shape index (κ2) is 13.8. The molecular formula is C28H32FN3O4S. The zero-order valence-corrected chi connectivity index (χ0v) is 21.6. The Balaban J connectivity index is 0.000000206. The molecule has 1 aliphatic heterocycles. The van der Waals surface area contributed by atoms with Gasteiger partial charge in [0.05, 0.1) is 30.3 Å². The maximum atomic E-state index is 13.0. The van der Waals surface area contributed by atoms with Gasteiger partial charge in [-0.1, -0.05) is 18.2 Å². The zero-order chi connectivity index (χ0) is 26.8. The second-order valence-corrected chi connectivity index (χ2v) is 10.1. The molecule has 0 bridgehead atoms. The van der Waals surface area contributed by atoms with Crippen molar-refractivity contribution in [2.24, 2.45) is 0 Å². The van der Waals surface area contributed by atoms with Gasteiger partial charge in [-0.15, -0.1) is 11.3 Å². The normalized spacial score (nSPS) is 18.5. The number of aliphatic hydroxyl groups excluding tert-OH is 2. The molecule has 1 aromatic carbocycles. The molecule has 2 heterocycles. The van der Waals surface area contributed by atoms with E-state index in [4.69, 9.17) is 5.26 Å². The summed E-state index contributed by atoms with van der Waals surface area (Å²) in [6, 6.07) is 11.8. The van der Waals surface area contributed by atoms with Gasteiger partial charge in [-0.25, -0.2) is 4.39 Å². The van der Waals surface area contributed by atoms with Crippen LogP contribution in [0.1, 0.15) is 54.2 Å². The molecule has 3 unspecified atom stereocenters. The highest BCUT2D eigenvalue weighted by atomic mass is 32.1. The SMILES string of the molecule is CC(O)C(O)C(=O)N1CCCC1C1=CC=C(F)CC1.N#Cc1cccc(Cc2csc(CNC=O)c2)c1. The molecule has 196 valence electrons. The van der Waals surface area contributed by atoms with E-state index in [0.717, 1.165) is 35.3 Å². The highest BCUT2D eigenvalue weighted by Gasteiger charge is 2.35. The smallest absolute Gasteiger partial charge is 0.254 e. The van der Waals surface area contributed by atoms with Crippen LogP contribution in [0.4, 0.5) is 4.39 Å². The van der Waals surface area contributed by atoms with Gasteiger partial charge in [-0.2, -0.15) is 5.26 Å². The van der Waals surface area contributed by atoms with Crippen molar-refractivity contribution in [2.75, 3.05) is 6.54 Å². The minimum Gasteiger partial charge on any atom is -0.390 e. The zero-order valence-electron chi connectivity index (χ0n) is 20.8. The monoisotopic (exact) mass is 525 g/mol. The minimum atomic E-state index is -1.38. The van der Waals surface area contributed by atoms with E-state index < -0.39 is 18.1 Å². The molecule has 37 heavy (non-hydrogen) atoms. The maximum absolute atomic E-state index is 13.0. The number of nitrogens with one attached hydrogen (secondary N) is 1. The van der Waals surface area contributed by atoms with Crippen molar-refractivity contribution in [3.05, 3.63) is 80.8 Å². The fraction of sp³-hybridized carbons (Fsp3) is 0.393. The summed E-state index contributed by atoms with van der Waals surface area (Å²) in [5, 5.41) is 32.6. The minimum absolute atomic E-state index is 0.0646. The lowest BCUT2D eigenvalue weighted by Crippen LogP contribution is -2.46. The molecule has 7 nitrogen and oxygen atoms in total. The summed E-state index contributed by atoms with van der Waals surface area (Å²) in [5.41, 5.74) is 4.05. The number of nitrogens with zero attached hydrogens (tertiary/aromatic N) is 2. The molecule has 1 aliphatic carbocycles. The van der Waals surface area contributed by atoms with E-state index in [2.05, 4.69) is 22.8 Å². The lowest BCUT2D eigenvalue weighted by atomic mass is 9.95. The molecule has 0 saturated carbocycles. The van der Waals surface area contributed by atoms with Crippen LogP contribution in [0, 0.1) is 11.3 Å². The highest BCUT2D eigenvalue weighted by molar-refractivity contribution is 7.10. The largest absolute Gasteiger partial charge is 0.390 e. The number of benzene rings is 1. The molecule has 1 saturated heterocycles. The Kier molecular flexibility index (Phi) is 10.6. The molecule has 2 aliphatic rings. The summed E-state index contributed by atoms with van der Waals surface area (Å²) < 4.78 is 13.0. The van der Waals surface area contributed by atoms with Crippen molar-refractivity contribution in [1.82, 2.24) is 10.2 Å². The summed E-state index contributed by atoms with van der Waals surface area (Å²) in [4.78, 5) is 25.1. The summed E-state index contributed by atoms with van der Waals surface area (Å²) in [7, 11) is 0. The average molecular weight is 526 g/mol. The summed E-state index contributed by atoms with van der Waals surface area (Å²) >= 11 is 1.63. The number of carbonyl (C=O) groups excluding carboxylic acids is 2. The molecule has 3 N–H and O–H groups in total. The number of carbonyl (C=O) groups is 2. The Labute approximate surface area is 220 Å². The van der Waals surface area contributed by atoms with Crippen LogP contribution in [0.15, 0.2) is 59.3 Å². The first-order chi connectivity index (χ1) is 17.8. The van der Waals surface area contributed by atoms with E-state index in [1.165, 1.54) is 18.6 Å². The molecule has 1 fully saturated rings. The summed E-state index contributed by atoms with van der Waals surface area (Å²) in [6.45, 7) is 2.55. The quantitative estimate of drug-likeness (QED) is 0.455. The third-order valence-electron chi connectivity index (χ3n) is 6.34. The van der Waals surface area contributed by atoms with Gasteiger partial charge in [0.1, 0.15) is 5.83 Å². The van der Waals surface area contributed by atoms with Crippen molar-refractivity contribution < 1.29 is 24.2 Å². The van der Waals surface area contributed by atoms with Gasteiger partial charge < -0.3 is 20.4 Å². The molecule has 0 spiro atoms. The van der Waals surface area contributed by atoms with Crippen LogP contribution in [0.25, 0.3) is 0 Å². The fourth-order valence-corrected chi connectivity index (χ4v) is 5.28. The van der Waals surface area contributed by atoms with Gasteiger partial charge >= 0.3 is 0 Å². The highest BCUT2D eigenvalue weighted by Crippen LogP contribution is 2.31. The predicted octanol–water partition coefficient (Wildman–Crippen LogP) is 3.75. The number of nitriles is 1. The molecule has 2 amide bonds. The third-order valence-corrected chi connectivity index (χ3v) is 7.32. The second-order valence-electron chi connectivity index (χ2n) is 9.14. The van der Waals surface area contributed by atoms with Crippen molar-refractivity contribution in [2.45, 2.75) is 63.8 Å². The fourth-order valence-electron chi connectivity index (χ4n) is 4.44. The van der Waals surface area contributed by atoms with Gasteiger partial charge in [0.2, 0.25) is 6.41 Å². The van der Waals surface area contributed by atoms with Crippen LogP contribution in [0.2, 0.25) is 0 Å². The third kappa shape index (κ3) is 8.09. The number of halogens is 1. The van der Waals surface area contributed by atoms with E-state index >= 15 is 0 Å². The van der Waals surface area contributed by atoms with Crippen LogP contribution in [0.5, 0.6) is 0 Å². The Bertz CT molecular complexity index is 1180. The number of hydrogen-bond acceptors (Lipinski definition) is 6. The molecule has 3 atom stereocenters. The number of thiophene rings is 1. The van der Waals surface area contributed by atoms with Crippen molar-refractivity contribution in [1.29, 1.82) is 5.26 Å². The van der Waals surface area contributed by atoms with E-state index in [1.807, 2.05) is 18.2 Å². The van der Waals surface area contributed by atoms with Gasteiger partial charge in [0.15, 0.2) is 6.10 Å². The Hall–Kier alpha value is -3.32. The van der Waals surface area contributed by atoms with Crippen LogP contribution < -0.4 is 5.32 Å². The number of allylic oxidation sites excluding steroid dienone is 3. The number of likely N-dealkylation sites (tertiary alicyclic amines) is 1. The van der Waals surface area contributed by atoms with E-state index in [0.29, 0.717) is 37.9 Å². The summed E-state index contributed by atoms with van der Waals surface area (Å²) in [6.07, 6.45) is 4.94. The first kappa shape index (κ1) is 28.3. The van der Waals surface area contributed by atoms with Gasteiger partial charge in [0, 0.05) is 17.8 Å². The molecule has 9 heteroatoms. The Morgan fingerprint density at radius 2 is 2.11 bits per heavy atom. The van der Waals surface area contributed by atoms with Crippen LogP contribution in [-0.4, -0.2) is 52.2 Å². The summed E-state index contributed by atoms with van der Waals surface area (Å²) in [5.74, 6) is -0.572. The molecule has 0 radical (unpaired) electrons. The maximum Gasteiger partial charge on any atom is 0.254 e. The Morgan fingerprint density at radius 3 is 2.78 bits per heavy atom. The number of amides is 2. The molecule has 4 rings (SSSR count). The predicted molar refractivity (Wildman–Crippen MR) is 140 cm³/mol. The van der Waals surface area contributed by atoms with Crippen molar-refractivity contribution in [3.63, 3.8) is 0 Å². The molecular weight excluding hydrogens is 493 g/mol. The molecule has 1 aromatic heterocycles. The molecule has 2 aromatic rings. The number of aliphatic hydroxyl groups is 2. The van der Waals surface area contributed by atoms with E-state index in [9.17, 15) is 24.2 Å². The Morgan fingerprint density at radius 1 is 1.30 bits per heavy atom. The van der Waals surface area contributed by atoms with Crippen molar-refractivity contribution in [3.8, 4) is 6.07 Å². The van der Waals surface area contributed by atoms with Gasteiger partial charge in [0.25, 0.3) is 5.91 Å². The van der Waals surface area contributed by atoms with Gasteiger partial charge in [-0.05, 0) is 79.0 Å². The van der Waals surface area contributed by atoms with E-state index in [-0.39, 0.29) is 11.9 Å².